The van der Waals surface area contributed by atoms with Gasteiger partial charge in [0.25, 0.3) is 11.5 Å². The molecule has 0 saturated heterocycles. The zero-order chi connectivity index (χ0) is 20.9. The summed E-state index contributed by atoms with van der Waals surface area (Å²) in [6.07, 6.45) is 6.40. The minimum absolute atomic E-state index is 0.220. The van der Waals surface area contributed by atoms with Crippen molar-refractivity contribution in [3.63, 3.8) is 0 Å². The van der Waals surface area contributed by atoms with Crippen LogP contribution < -0.4 is 15.6 Å². The van der Waals surface area contributed by atoms with Gasteiger partial charge in [0.15, 0.2) is 0 Å². The lowest BCUT2D eigenvalue weighted by molar-refractivity contribution is 0.0947. The second kappa shape index (κ2) is 8.48. The van der Waals surface area contributed by atoms with Crippen LogP contribution in [-0.4, -0.2) is 22.6 Å². The maximum Gasteiger partial charge on any atom is 0.258 e. The molecule has 0 unspecified atom stereocenters. The first-order valence-corrected chi connectivity index (χ1v) is 9.27. The monoisotopic (exact) mass is 401 g/mol. The Balaban J connectivity index is 1.53. The second-order valence-corrected chi connectivity index (χ2v) is 6.55. The molecule has 0 radical (unpaired) electrons. The molecule has 0 fully saturated rings. The normalized spacial score (nSPS) is 10.6. The van der Waals surface area contributed by atoms with Crippen LogP contribution >= 0.6 is 0 Å². The van der Waals surface area contributed by atoms with E-state index >= 15 is 0 Å². The van der Waals surface area contributed by atoms with Gasteiger partial charge in [-0.3, -0.25) is 19.1 Å². The number of hydrogen-bond acceptors (Lipinski definition) is 5. The molecule has 4 aromatic rings. The number of benzene rings is 1. The van der Waals surface area contributed by atoms with Crippen LogP contribution in [0.2, 0.25) is 0 Å². The van der Waals surface area contributed by atoms with Crippen LogP contribution in [0.1, 0.15) is 15.9 Å². The van der Waals surface area contributed by atoms with E-state index in [0.717, 1.165) is 16.8 Å². The van der Waals surface area contributed by atoms with Crippen LogP contribution in [0.15, 0.2) is 88.7 Å². The number of para-hydroxylation sites is 1. The van der Waals surface area contributed by atoms with E-state index in [9.17, 15) is 9.59 Å². The molecule has 0 spiro atoms. The lowest BCUT2D eigenvalue weighted by atomic mass is 10.2. The Hall–Kier alpha value is -4.13. The maximum atomic E-state index is 12.8. The molecule has 150 valence electrons. The van der Waals surface area contributed by atoms with Crippen molar-refractivity contribution < 1.29 is 13.9 Å². The first-order valence-electron chi connectivity index (χ1n) is 9.27. The van der Waals surface area contributed by atoms with Crippen molar-refractivity contribution in [2.75, 3.05) is 7.11 Å². The molecule has 0 atom stereocenters. The Labute approximate surface area is 172 Å². The van der Waals surface area contributed by atoms with Gasteiger partial charge in [0.05, 0.1) is 30.9 Å². The van der Waals surface area contributed by atoms with Gasteiger partial charge in [-0.2, -0.15) is 0 Å². The highest BCUT2D eigenvalue weighted by Gasteiger charge is 2.16. The third-order valence-electron chi connectivity index (χ3n) is 4.61. The van der Waals surface area contributed by atoms with Crippen molar-refractivity contribution in [3.8, 4) is 22.7 Å². The quantitative estimate of drug-likeness (QED) is 0.535. The van der Waals surface area contributed by atoms with Crippen molar-refractivity contribution in [3.05, 3.63) is 101 Å². The average molecular weight is 401 g/mol. The molecule has 0 aliphatic carbocycles. The summed E-state index contributed by atoms with van der Waals surface area (Å²) in [5.74, 6) is -0.131. The lowest BCUT2D eigenvalue weighted by Crippen LogP contribution is -2.27. The molecular formula is C23H19N3O4. The summed E-state index contributed by atoms with van der Waals surface area (Å²) in [4.78, 5) is 29.6. The largest absolute Gasteiger partial charge is 0.496 e. The van der Waals surface area contributed by atoms with E-state index in [0.29, 0.717) is 5.69 Å². The molecule has 30 heavy (non-hydrogen) atoms. The van der Waals surface area contributed by atoms with Gasteiger partial charge < -0.3 is 14.5 Å². The fourth-order valence-electron chi connectivity index (χ4n) is 3.03. The van der Waals surface area contributed by atoms with E-state index < -0.39 is 0 Å². The van der Waals surface area contributed by atoms with Crippen molar-refractivity contribution in [2.45, 2.75) is 6.54 Å². The standard InChI is InChI=1S/C23H19N3O4/c1-29-21-11-22(27)26(18-5-3-2-4-6-18)14-19(21)23(28)25-13-16-7-8-20(24-12-16)17-9-10-30-15-17/h2-12,14-15H,13H2,1H3,(H,25,28). The van der Waals surface area contributed by atoms with Gasteiger partial charge in [-0.25, -0.2) is 0 Å². The molecule has 3 aromatic heterocycles. The zero-order valence-electron chi connectivity index (χ0n) is 16.2. The summed E-state index contributed by atoms with van der Waals surface area (Å²) in [6.45, 7) is 0.283. The molecule has 1 amide bonds. The number of furan rings is 1. The van der Waals surface area contributed by atoms with Gasteiger partial charge in [-0.1, -0.05) is 24.3 Å². The van der Waals surface area contributed by atoms with Crippen molar-refractivity contribution >= 4 is 5.91 Å². The number of rotatable bonds is 6. The molecule has 4 rings (SSSR count). The predicted molar refractivity (Wildman–Crippen MR) is 112 cm³/mol. The predicted octanol–water partition coefficient (Wildman–Crippen LogP) is 3.43. The highest BCUT2D eigenvalue weighted by atomic mass is 16.5. The third kappa shape index (κ3) is 4.00. The van der Waals surface area contributed by atoms with E-state index in [4.69, 9.17) is 9.15 Å². The van der Waals surface area contributed by atoms with Crippen LogP contribution in [0.4, 0.5) is 0 Å². The van der Waals surface area contributed by atoms with Crippen LogP contribution in [0, 0.1) is 0 Å². The van der Waals surface area contributed by atoms with E-state index in [1.54, 1.807) is 30.9 Å². The van der Waals surface area contributed by atoms with Crippen LogP contribution in [0.25, 0.3) is 16.9 Å². The highest BCUT2D eigenvalue weighted by molar-refractivity contribution is 5.96. The van der Waals surface area contributed by atoms with Gasteiger partial charge in [-0.05, 0) is 29.8 Å². The SMILES string of the molecule is COc1cc(=O)n(-c2ccccc2)cc1C(=O)NCc1ccc(-c2ccoc2)nc1. The van der Waals surface area contributed by atoms with Gasteiger partial charge >= 0.3 is 0 Å². The summed E-state index contributed by atoms with van der Waals surface area (Å²) in [7, 11) is 1.43. The van der Waals surface area contributed by atoms with Gasteiger partial charge in [-0.15, -0.1) is 0 Å². The molecule has 1 aromatic carbocycles. The van der Waals surface area contributed by atoms with Crippen LogP contribution in [-0.2, 0) is 6.54 Å². The lowest BCUT2D eigenvalue weighted by Gasteiger charge is -2.13. The summed E-state index contributed by atoms with van der Waals surface area (Å²) < 4.78 is 11.7. The Morgan fingerprint density at radius 1 is 1.17 bits per heavy atom. The molecule has 7 nitrogen and oxygen atoms in total. The minimum atomic E-state index is -0.351. The number of pyridine rings is 2. The van der Waals surface area contributed by atoms with Crippen molar-refractivity contribution in [1.82, 2.24) is 14.9 Å². The number of hydrogen-bond donors (Lipinski definition) is 1. The maximum absolute atomic E-state index is 12.8. The smallest absolute Gasteiger partial charge is 0.258 e. The summed E-state index contributed by atoms with van der Waals surface area (Å²) >= 11 is 0. The van der Waals surface area contributed by atoms with E-state index in [1.165, 1.54) is 23.9 Å². The highest BCUT2D eigenvalue weighted by Crippen LogP contribution is 2.19. The molecule has 7 heteroatoms. The molecule has 0 aliphatic rings. The number of aromatic nitrogens is 2. The Kier molecular flexibility index (Phi) is 5.43. The van der Waals surface area contributed by atoms with Gasteiger partial charge in [0, 0.05) is 36.3 Å². The van der Waals surface area contributed by atoms with Crippen molar-refractivity contribution in [1.29, 1.82) is 0 Å². The fourth-order valence-corrected chi connectivity index (χ4v) is 3.03. The van der Waals surface area contributed by atoms with Crippen LogP contribution in [0.3, 0.4) is 0 Å². The first kappa shape index (κ1) is 19.2. The topological polar surface area (TPSA) is 86.4 Å². The first-order chi connectivity index (χ1) is 14.7. The Morgan fingerprint density at radius 3 is 2.67 bits per heavy atom. The zero-order valence-corrected chi connectivity index (χ0v) is 16.2. The van der Waals surface area contributed by atoms with E-state index in [-0.39, 0.29) is 29.3 Å². The van der Waals surface area contributed by atoms with E-state index in [2.05, 4.69) is 10.3 Å². The average Bonchev–Trinajstić information content (AvgIpc) is 3.33. The second-order valence-electron chi connectivity index (χ2n) is 6.55. The summed E-state index contributed by atoms with van der Waals surface area (Å²) in [5.41, 5.74) is 3.16. The Bertz CT molecular complexity index is 1200. The fraction of sp³-hybridized carbons (Fsp3) is 0.0870. The number of amides is 1. The molecule has 0 aliphatic heterocycles. The molecule has 1 N–H and O–H groups in total. The summed E-state index contributed by atoms with van der Waals surface area (Å²) in [5, 5.41) is 2.85. The number of nitrogens with zero attached hydrogens (tertiary/aromatic N) is 2. The van der Waals surface area contributed by atoms with Gasteiger partial charge in [0.2, 0.25) is 0 Å². The minimum Gasteiger partial charge on any atom is -0.496 e. The van der Waals surface area contributed by atoms with E-state index in [1.807, 2.05) is 36.4 Å². The summed E-state index contributed by atoms with van der Waals surface area (Å²) in [6, 6.07) is 16.0. The molecule has 0 saturated carbocycles. The number of nitrogens with one attached hydrogen (secondary N) is 1. The van der Waals surface area contributed by atoms with Crippen molar-refractivity contribution in [2.24, 2.45) is 0 Å². The molecular weight excluding hydrogens is 382 g/mol. The third-order valence-corrected chi connectivity index (χ3v) is 4.61. The molecule has 0 bridgehead atoms. The molecule has 3 heterocycles. The number of ether oxygens (including phenoxy) is 1. The number of carbonyl (C=O) groups excluding carboxylic acids is 1. The van der Waals surface area contributed by atoms with Gasteiger partial charge in [0.1, 0.15) is 5.75 Å². The Morgan fingerprint density at radius 2 is 2.00 bits per heavy atom. The number of methoxy groups -OCH3 is 1. The number of carbonyl (C=O) groups is 1. The van der Waals surface area contributed by atoms with Crippen LogP contribution in [0.5, 0.6) is 5.75 Å².